The Morgan fingerprint density at radius 1 is 1.12 bits per heavy atom. The summed E-state index contributed by atoms with van der Waals surface area (Å²) >= 11 is 0. The Hall–Kier alpha value is -1.83. The molecule has 0 spiro atoms. The van der Waals surface area contributed by atoms with Gasteiger partial charge in [-0.05, 0) is 43.5 Å². The summed E-state index contributed by atoms with van der Waals surface area (Å²) < 4.78 is 5.90. The van der Waals surface area contributed by atoms with Crippen LogP contribution >= 0.6 is 0 Å². The molecule has 0 amide bonds. The van der Waals surface area contributed by atoms with Crippen LogP contribution in [0.3, 0.4) is 0 Å². The molecule has 1 heterocycles. The minimum Gasteiger partial charge on any atom is -0.438 e. The fourth-order valence-electron chi connectivity index (χ4n) is 1.72. The highest BCUT2D eigenvalue weighted by Gasteiger charge is 2.07. The van der Waals surface area contributed by atoms with Crippen LogP contribution in [-0.4, -0.2) is 4.98 Å². The van der Waals surface area contributed by atoms with Gasteiger partial charge >= 0.3 is 0 Å². The average molecular weight is 227 g/mol. The third-order valence-corrected chi connectivity index (χ3v) is 2.99. The summed E-state index contributed by atoms with van der Waals surface area (Å²) in [5, 5.41) is 0. The molecule has 0 atom stereocenters. The number of benzene rings is 1. The van der Waals surface area contributed by atoms with E-state index in [-0.39, 0.29) is 0 Å². The molecule has 0 fully saturated rings. The van der Waals surface area contributed by atoms with Crippen molar-refractivity contribution in [2.45, 2.75) is 27.2 Å². The molecule has 17 heavy (non-hydrogen) atoms. The van der Waals surface area contributed by atoms with Crippen molar-refractivity contribution in [2.75, 3.05) is 0 Å². The predicted octanol–water partition coefficient (Wildman–Crippen LogP) is 4.05. The first-order valence-corrected chi connectivity index (χ1v) is 5.90. The van der Waals surface area contributed by atoms with E-state index >= 15 is 0 Å². The Morgan fingerprint density at radius 2 is 1.94 bits per heavy atom. The molecule has 0 bridgehead atoms. The van der Waals surface area contributed by atoms with Crippen molar-refractivity contribution in [1.82, 2.24) is 4.98 Å². The zero-order chi connectivity index (χ0) is 12.3. The lowest BCUT2D eigenvalue weighted by Crippen LogP contribution is -1.95. The minimum absolute atomic E-state index is 0.712. The second-order valence-electron chi connectivity index (χ2n) is 4.12. The first-order valence-electron chi connectivity index (χ1n) is 5.90. The van der Waals surface area contributed by atoms with Gasteiger partial charge in [0.25, 0.3) is 0 Å². The fraction of sp³-hybridized carbons (Fsp3) is 0.267. The Morgan fingerprint density at radius 3 is 2.71 bits per heavy atom. The number of aryl methyl sites for hydroxylation is 2. The Balaban J connectivity index is 2.35. The summed E-state index contributed by atoms with van der Waals surface area (Å²) in [6.45, 7) is 6.26. The molecule has 2 nitrogen and oxygen atoms in total. The molecule has 0 aliphatic rings. The lowest BCUT2D eigenvalue weighted by atomic mass is 10.1. The normalized spacial score (nSPS) is 10.3. The standard InChI is InChI=1S/C15H17NO/c1-4-13-8-6-10-16-15(13)17-14-9-5-7-11(2)12(14)3/h5-10H,4H2,1-3H3. The quantitative estimate of drug-likeness (QED) is 0.789. The van der Waals surface area contributed by atoms with Gasteiger partial charge in [0, 0.05) is 11.8 Å². The molecule has 0 saturated carbocycles. The highest BCUT2D eigenvalue weighted by atomic mass is 16.5. The topological polar surface area (TPSA) is 22.1 Å². The highest BCUT2D eigenvalue weighted by molar-refractivity contribution is 5.41. The van der Waals surface area contributed by atoms with Gasteiger partial charge in [-0.15, -0.1) is 0 Å². The number of hydrogen-bond donors (Lipinski definition) is 0. The molecule has 2 heteroatoms. The van der Waals surface area contributed by atoms with Gasteiger partial charge in [0.2, 0.25) is 5.88 Å². The number of rotatable bonds is 3. The first-order chi connectivity index (χ1) is 8.22. The summed E-state index contributed by atoms with van der Waals surface area (Å²) in [5.74, 6) is 1.60. The van der Waals surface area contributed by atoms with E-state index in [1.807, 2.05) is 24.3 Å². The number of ether oxygens (including phenoxy) is 1. The number of pyridine rings is 1. The van der Waals surface area contributed by atoms with Crippen molar-refractivity contribution in [3.05, 3.63) is 53.2 Å². The van der Waals surface area contributed by atoms with Crippen molar-refractivity contribution in [3.8, 4) is 11.6 Å². The maximum atomic E-state index is 5.90. The monoisotopic (exact) mass is 227 g/mol. The number of aromatic nitrogens is 1. The van der Waals surface area contributed by atoms with E-state index in [1.165, 1.54) is 11.1 Å². The molecular weight excluding hydrogens is 210 g/mol. The Kier molecular flexibility index (Phi) is 3.43. The summed E-state index contributed by atoms with van der Waals surface area (Å²) in [7, 11) is 0. The zero-order valence-electron chi connectivity index (χ0n) is 10.5. The van der Waals surface area contributed by atoms with E-state index in [4.69, 9.17) is 4.74 Å². The maximum Gasteiger partial charge on any atom is 0.222 e. The van der Waals surface area contributed by atoms with Gasteiger partial charge in [-0.25, -0.2) is 4.98 Å². The molecule has 1 aromatic carbocycles. The second kappa shape index (κ2) is 5.00. The number of hydrogen-bond acceptors (Lipinski definition) is 2. The highest BCUT2D eigenvalue weighted by Crippen LogP contribution is 2.27. The molecule has 88 valence electrons. The van der Waals surface area contributed by atoms with Crippen LogP contribution in [0.1, 0.15) is 23.6 Å². The van der Waals surface area contributed by atoms with Gasteiger partial charge in [-0.3, -0.25) is 0 Å². The molecule has 0 N–H and O–H groups in total. The molecule has 2 rings (SSSR count). The van der Waals surface area contributed by atoms with E-state index < -0.39 is 0 Å². The molecule has 0 aliphatic carbocycles. The van der Waals surface area contributed by atoms with Crippen LogP contribution in [0.4, 0.5) is 0 Å². The van der Waals surface area contributed by atoms with Crippen LogP contribution in [0.25, 0.3) is 0 Å². The van der Waals surface area contributed by atoms with Gasteiger partial charge in [-0.2, -0.15) is 0 Å². The van der Waals surface area contributed by atoms with Gasteiger partial charge < -0.3 is 4.74 Å². The van der Waals surface area contributed by atoms with Crippen LogP contribution in [0.5, 0.6) is 11.6 Å². The third kappa shape index (κ3) is 2.47. The molecular formula is C15H17NO. The van der Waals surface area contributed by atoms with Crippen molar-refractivity contribution in [2.24, 2.45) is 0 Å². The molecule has 0 aliphatic heterocycles. The Bertz CT molecular complexity index is 520. The van der Waals surface area contributed by atoms with Crippen molar-refractivity contribution in [3.63, 3.8) is 0 Å². The second-order valence-corrected chi connectivity index (χ2v) is 4.12. The molecule has 1 aromatic heterocycles. The Labute approximate surface area is 102 Å². The van der Waals surface area contributed by atoms with E-state index in [9.17, 15) is 0 Å². The van der Waals surface area contributed by atoms with Crippen molar-refractivity contribution in [1.29, 1.82) is 0 Å². The zero-order valence-corrected chi connectivity index (χ0v) is 10.5. The maximum absolute atomic E-state index is 5.90. The van der Waals surface area contributed by atoms with E-state index in [1.54, 1.807) is 6.20 Å². The largest absolute Gasteiger partial charge is 0.438 e. The summed E-state index contributed by atoms with van der Waals surface area (Å²) in [6, 6.07) is 10.1. The molecule has 0 unspecified atom stereocenters. The van der Waals surface area contributed by atoms with Crippen molar-refractivity contribution < 1.29 is 4.74 Å². The molecule has 0 radical (unpaired) electrons. The number of nitrogens with zero attached hydrogens (tertiary/aromatic N) is 1. The summed E-state index contributed by atoms with van der Waals surface area (Å²) in [4.78, 5) is 4.29. The van der Waals surface area contributed by atoms with E-state index in [0.29, 0.717) is 5.88 Å². The minimum atomic E-state index is 0.712. The molecule has 0 saturated heterocycles. The van der Waals surface area contributed by atoms with Crippen LogP contribution in [-0.2, 0) is 6.42 Å². The average Bonchev–Trinajstić information content (AvgIpc) is 2.35. The first kappa shape index (κ1) is 11.6. The van der Waals surface area contributed by atoms with Crippen LogP contribution in [0.15, 0.2) is 36.5 Å². The SMILES string of the molecule is CCc1cccnc1Oc1cccc(C)c1C. The summed E-state index contributed by atoms with van der Waals surface area (Å²) in [5.41, 5.74) is 3.53. The fourth-order valence-corrected chi connectivity index (χ4v) is 1.72. The van der Waals surface area contributed by atoms with Crippen LogP contribution < -0.4 is 4.74 Å². The lowest BCUT2D eigenvalue weighted by molar-refractivity contribution is 0.453. The van der Waals surface area contributed by atoms with E-state index in [2.05, 4.69) is 31.8 Å². The summed E-state index contributed by atoms with van der Waals surface area (Å²) in [6.07, 6.45) is 2.69. The van der Waals surface area contributed by atoms with Gasteiger partial charge in [0.05, 0.1) is 0 Å². The predicted molar refractivity (Wildman–Crippen MR) is 69.6 cm³/mol. The lowest BCUT2D eigenvalue weighted by Gasteiger charge is -2.11. The van der Waals surface area contributed by atoms with Gasteiger partial charge in [0.15, 0.2) is 0 Å². The van der Waals surface area contributed by atoms with Crippen LogP contribution in [0, 0.1) is 13.8 Å². The van der Waals surface area contributed by atoms with Crippen LogP contribution in [0.2, 0.25) is 0 Å². The van der Waals surface area contributed by atoms with Crippen molar-refractivity contribution >= 4 is 0 Å². The van der Waals surface area contributed by atoms with Gasteiger partial charge in [-0.1, -0.05) is 25.1 Å². The molecule has 2 aromatic rings. The van der Waals surface area contributed by atoms with Gasteiger partial charge in [0.1, 0.15) is 5.75 Å². The smallest absolute Gasteiger partial charge is 0.222 e. The third-order valence-electron chi connectivity index (χ3n) is 2.99. The van der Waals surface area contributed by atoms with E-state index in [0.717, 1.165) is 17.7 Å².